The van der Waals surface area contributed by atoms with Crippen LogP contribution in [-0.4, -0.2) is 43.6 Å². The molecule has 6 nitrogen and oxygen atoms in total. The third-order valence-corrected chi connectivity index (χ3v) is 3.89. The number of benzene rings is 1. The first kappa shape index (κ1) is 15.7. The van der Waals surface area contributed by atoms with Crippen LogP contribution in [0, 0.1) is 0 Å². The molecule has 2 aliphatic heterocycles. The van der Waals surface area contributed by atoms with E-state index >= 15 is 0 Å². The Hall–Kier alpha value is -2.18. The highest BCUT2D eigenvalue weighted by Crippen LogP contribution is 2.29. The SMILES string of the molecule is COc1cc(C2OCCO2)ccc1/C=C/CN1C(=O)CCC1=O. The molecule has 2 fully saturated rings. The number of methoxy groups -OCH3 is 1. The Morgan fingerprint density at radius 1 is 1.22 bits per heavy atom. The second kappa shape index (κ2) is 6.93. The summed E-state index contributed by atoms with van der Waals surface area (Å²) < 4.78 is 16.3. The molecular formula is C17H19NO5. The topological polar surface area (TPSA) is 65.1 Å². The van der Waals surface area contributed by atoms with Crippen LogP contribution in [0.5, 0.6) is 5.75 Å². The molecule has 3 rings (SSSR count). The average Bonchev–Trinajstić information content (AvgIpc) is 3.20. The lowest BCUT2D eigenvalue weighted by molar-refractivity contribution is -0.137. The van der Waals surface area contributed by atoms with Gasteiger partial charge in [-0.15, -0.1) is 0 Å². The molecule has 2 saturated heterocycles. The molecule has 0 aromatic heterocycles. The van der Waals surface area contributed by atoms with E-state index < -0.39 is 0 Å². The van der Waals surface area contributed by atoms with Gasteiger partial charge in [0, 0.05) is 30.5 Å². The van der Waals surface area contributed by atoms with Gasteiger partial charge in [-0.25, -0.2) is 0 Å². The van der Waals surface area contributed by atoms with Gasteiger partial charge in [-0.3, -0.25) is 14.5 Å². The predicted molar refractivity (Wildman–Crippen MR) is 82.6 cm³/mol. The summed E-state index contributed by atoms with van der Waals surface area (Å²) in [7, 11) is 1.60. The van der Waals surface area contributed by atoms with E-state index in [9.17, 15) is 9.59 Å². The Kier molecular flexibility index (Phi) is 4.73. The molecule has 0 radical (unpaired) electrons. The first-order chi connectivity index (χ1) is 11.2. The molecule has 122 valence electrons. The standard InChI is InChI=1S/C17H19NO5/c1-21-14-11-13(17-22-9-10-23-17)5-4-12(14)3-2-8-18-15(19)6-7-16(18)20/h2-5,11,17H,6-10H2,1H3/b3-2+. The van der Waals surface area contributed by atoms with Gasteiger partial charge in [-0.05, 0) is 6.07 Å². The minimum absolute atomic E-state index is 0.113. The van der Waals surface area contributed by atoms with Crippen LogP contribution in [0.2, 0.25) is 0 Å². The van der Waals surface area contributed by atoms with Crippen molar-refractivity contribution >= 4 is 17.9 Å². The number of imide groups is 1. The lowest BCUT2D eigenvalue weighted by atomic mass is 10.1. The van der Waals surface area contributed by atoms with Gasteiger partial charge in [0.1, 0.15) is 5.75 Å². The molecule has 6 heteroatoms. The van der Waals surface area contributed by atoms with Crippen molar-refractivity contribution < 1.29 is 23.8 Å². The number of carbonyl (C=O) groups is 2. The van der Waals surface area contributed by atoms with Gasteiger partial charge < -0.3 is 14.2 Å². The fraction of sp³-hybridized carbons (Fsp3) is 0.412. The molecule has 1 aromatic rings. The Morgan fingerprint density at radius 3 is 2.57 bits per heavy atom. The summed E-state index contributed by atoms with van der Waals surface area (Å²) in [5, 5.41) is 0. The van der Waals surface area contributed by atoms with Crippen LogP contribution in [0.25, 0.3) is 6.08 Å². The summed E-state index contributed by atoms with van der Waals surface area (Å²) >= 11 is 0. The third kappa shape index (κ3) is 3.43. The Balaban J connectivity index is 1.70. The lowest BCUT2D eigenvalue weighted by Crippen LogP contribution is -2.28. The van der Waals surface area contributed by atoms with Crippen molar-refractivity contribution in [1.82, 2.24) is 4.90 Å². The maximum absolute atomic E-state index is 11.6. The van der Waals surface area contributed by atoms with E-state index in [2.05, 4.69) is 0 Å². The molecule has 0 N–H and O–H groups in total. The Labute approximate surface area is 134 Å². The number of carbonyl (C=O) groups excluding carboxylic acids is 2. The van der Waals surface area contributed by atoms with Crippen molar-refractivity contribution in [3.8, 4) is 5.75 Å². The summed E-state index contributed by atoms with van der Waals surface area (Å²) in [6, 6.07) is 5.70. The Bertz CT molecular complexity index is 618. The van der Waals surface area contributed by atoms with Crippen LogP contribution >= 0.6 is 0 Å². The molecule has 2 aliphatic rings. The normalized spacial score (nSPS) is 19.3. The molecule has 2 heterocycles. The number of rotatable bonds is 5. The van der Waals surface area contributed by atoms with Crippen LogP contribution in [0.3, 0.4) is 0 Å². The van der Waals surface area contributed by atoms with Crippen LogP contribution in [0.4, 0.5) is 0 Å². The van der Waals surface area contributed by atoms with E-state index in [1.165, 1.54) is 4.90 Å². The van der Waals surface area contributed by atoms with E-state index in [1.807, 2.05) is 24.3 Å². The number of hydrogen-bond acceptors (Lipinski definition) is 5. The van der Waals surface area contributed by atoms with E-state index in [1.54, 1.807) is 13.2 Å². The molecule has 0 bridgehead atoms. The van der Waals surface area contributed by atoms with Gasteiger partial charge in [-0.1, -0.05) is 24.3 Å². The van der Waals surface area contributed by atoms with Crippen LogP contribution in [0.1, 0.15) is 30.3 Å². The highest BCUT2D eigenvalue weighted by Gasteiger charge is 2.27. The van der Waals surface area contributed by atoms with Gasteiger partial charge in [-0.2, -0.15) is 0 Å². The van der Waals surface area contributed by atoms with Crippen molar-refractivity contribution in [2.75, 3.05) is 26.9 Å². The molecular weight excluding hydrogens is 298 g/mol. The zero-order valence-electron chi connectivity index (χ0n) is 13.0. The predicted octanol–water partition coefficient (Wildman–Crippen LogP) is 1.90. The van der Waals surface area contributed by atoms with Gasteiger partial charge in [0.2, 0.25) is 11.8 Å². The zero-order valence-corrected chi connectivity index (χ0v) is 13.0. The number of likely N-dealkylation sites (tertiary alicyclic amines) is 1. The minimum atomic E-state index is -0.346. The van der Waals surface area contributed by atoms with Crippen molar-refractivity contribution in [3.63, 3.8) is 0 Å². The zero-order chi connectivity index (χ0) is 16.2. The van der Waals surface area contributed by atoms with E-state index in [-0.39, 0.29) is 24.6 Å². The van der Waals surface area contributed by atoms with E-state index in [0.29, 0.717) is 31.8 Å². The van der Waals surface area contributed by atoms with Crippen LogP contribution in [-0.2, 0) is 19.1 Å². The van der Waals surface area contributed by atoms with Crippen molar-refractivity contribution in [2.24, 2.45) is 0 Å². The molecule has 0 spiro atoms. The van der Waals surface area contributed by atoms with Gasteiger partial charge in [0.05, 0.1) is 20.3 Å². The molecule has 0 saturated carbocycles. The maximum Gasteiger partial charge on any atom is 0.229 e. The molecule has 0 unspecified atom stereocenters. The first-order valence-electron chi connectivity index (χ1n) is 7.60. The maximum atomic E-state index is 11.6. The highest BCUT2D eigenvalue weighted by atomic mass is 16.7. The molecule has 2 amide bonds. The van der Waals surface area contributed by atoms with Gasteiger partial charge >= 0.3 is 0 Å². The summed E-state index contributed by atoms with van der Waals surface area (Å²) in [5.74, 6) is 0.465. The average molecular weight is 317 g/mol. The molecule has 1 aromatic carbocycles. The quantitative estimate of drug-likeness (QED) is 0.776. The fourth-order valence-corrected chi connectivity index (χ4v) is 2.67. The molecule has 0 aliphatic carbocycles. The summed E-state index contributed by atoms with van der Waals surface area (Å²) in [6.45, 7) is 1.47. The Morgan fingerprint density at radius 2 is 1.91 bits per heavy atom. The van der Waals surface area contributed by atoms with Gasteiger partial charge in [0.15, 0.2) is 6.29 Å². The minimum Gasteiger partial charge on any atom is -0.496 e. The third-order valence-electron chi connectivity index (χ3n) is 3.89. The van der Waals surface area contributed by atoms with Crippen LogP contribution < -0.4 is 4.74 Å². The number of ether oxygens (including phenoxy) is 3. The second-order valence-electron chi connectivity index (χ2n) is 5.38. The van der Waals surface area contributed by atoms with E-state index in [4.69, 9.17) is 14.2 Å². The fourth-order valence-electron chi connectivity index (χ4n) is 2.67. The monoisotopic (exact) mass is 317 g/mol. The summed E-state index contributed by atoms with van der Waals surface area (Å²) in [4.78, 5) is 24.4. The molecule has 23 heavy (non-hydrogen) atoms. The number of amides is 2. The van der Waals surface area contributed by atoms with Crippen molar-refractivity contribution in [2.45, 2.75) is 19.1 Å². The van der Waals surface area contributed by atoms with Crippen molar-refractivity contribution in [1.29, 1.82) is 0 Å². The summed E-state index contributed by atoms with van der Waals surface area (Å²) in [6.07, 6.45) is 3.92. The second-order valence-corrected chi connectivity index (χ2v) is 5.38. The lowest BCUT2D eigenvalue weighted by Gasteiger charge is -2.13. The molecule has 0 atom stereocenters. The largest absolute Gasteiger partial charge is 0.496 e. The smallest absolute Gasteiger partial charge is 0.229 e. The summed E-state index contributed by atoms with van der Waals surface area (Å²) in [5.41, 5.74) is 1.77. The van der Waals surface area contributed by atoms with Crippen molar-refractivity contribution in [3.05, 3.63) is 35.4 Å². The van der Waals surface area contributed by atoms with Crippen LogP contribution in [0.15, 0.2) is 24.3 Å². The highest BCUT2D eigenvalue weighted by molar-refractivity contribution is 6.02. The van der Waals surface area contributed by atoms with Gasteiger partial charge in [0.25, 0.3) is 0 Å². The first-order valence-corrected chi connectivity index (χ1v) is 7.60. The number of hydrogen-bond donors (Lipinski definition) is 0. The number of nitrogens with zero attached hydrogens (tertiary/aromatic N) is 1. The van der Waals surface area contributed by atoms with E-state index in [0.717, 1.165) is 11.1 Å².